The van der Waals surface area contributed by atoms with E-state index in [0.717, 1.165) is 19.4 Å². The Kier molecular flexibility index (Phi) is 4.46. The minimum Gasteiger partial charge on any atom is -0.491 e. The van der Waals surface area contributed by atoms with Crippen molar-refractivity contribution < 1.29 is 17.9 Å². The fraction of sp³-hybridized carbons (Fsp3) is 0.467. The average Bonchev–Trinajstić information content (AvgIpc) is 3.04. The van der Waals surface area contributed by atoms with Crippen molar-refractivity contribution in [2.45, 2.75) is 32.2 Å². The maximum atomic E-state index is 11.9. The van der Waals surface area contributed by atoms with Gasteiger partial charge in [-0.3, -0.25) is 4.79 Å². The van der Waals surface area contributed by atoms with Crippen molar-refractivity contribution in [3.8, 4) is 5.75 Å². The molecule has 0 saturated carbocycles. The van der Waals surface area contributed by atoms with Gasteiger partial charge in [-0.25, -0.2) is 5.84 Å². The van der Waals surface area contributed by atoms with Crippen LogP contribution in [0.15, 0.2) is 22.6 Å². The number of ether oxygens (including phenoxy) is 1. The van der Waals surface area contributed by atoms with E-state index in [2.05, 4.69) is 4.40 Å². The number of hydrogen-bond donors (Lipinski definition) is 1. The molecule has 8 nitrogen and oxygen atoms in total. The Morgan fingerprint density at radius 3 is 3.00 bits per heavy atom. The molecular weight excluding hydrogens is 332 g/mol. The highest BCUT2D eigenvalue weighted by molar-refractivity contribution is 7.91. The van der Waals surface area contributed by atoms with Crippen LogP contribution in [-0.2, 0) is 15.0 Å². The molecule has 0 unspecified atom stereocenters. The molecule has 2 heterocycles. The molecule has 2 aliphatic rings. The third kappa shape index (κ3) is 2.96. The number of fused-ring (bicyclic) bond motifs is 1. The molecule has 130 valence electrons. The van der Waals surface area contributed by atoms with Crippen LogP contribution in [0.5, 0.6) is 5.75 Å². The van der Waals surface area contributed by atoms with E-state index in [9.17, 15) is 13.2 Å². The first kappa shape index (κ1) is 16.7. The number of rotatable bonds is 4. The van der Waals surface area contributed by atoms with Gasteiger partial charge in [0.1, 0.15) is 12.4 Å². The lowest BCUT2D eigenvalue weighted by atomic mass is 10.1. The number of anilines is 1. The lowest BCUT2D eigenvalue weighted by Crippen LogP contribution is -2.39. The van der Waals surface area contributed by atoms with Gasteiger partial charge in [0.15, 0.2) is 0 Å². The zero-order valence-corrected chi connectivity index (χ0v) is 14.2. The smallest absolute Gasteiger partial charge is 0.358 e. The standard InChI is InChI=1S/C15H20N4O4S/c1-2-15(20)18-8-4-5-11(18)10-23-14-7-3-6-13-12(14)9-17-24(21,22)19(13)16/h3,6-7,9,11H,2,4-5,8,10,16H2,1H3/t11-/m0/s1. The van der Waals surface area contributed by atoms with Crippen molar-refractivity contribution in [2.75, 3.05) is 17.6 Å². The summed E-state index contributed by atoms with van der Waals surface area (Å²) in [6.45, 7) is 2.95. The van der Waals surface area contributed by atoms with Crippen LogP contribution >= 0.6 is 0 Å². The van der Waals surface area contributed by atoms with Crippen LogP contribution < -0.4 is 15.0 Å². The van der Waals surface area contributed by atoms with E-state index in [4.69, 9.17) is 10.6 Å². The van der Waals surface area contributed by atoms with E-state index in [0.29, 0.717) is 34.4 Å². The number of benzene rings is 1. The van der Waals surface area contributed by atoms with E-state index < -0.39 is 10.2 Å². The molecule has 1 atom stereocenters. The highest BCUT2D eigenvalue weighted by atomic mass is 32.2. The number of hydrogen-bond acceptors (Lipinski definition) is 5. The lowest BCUT2D eigenvalue weighted by molar-refractivity contribution is -0.132. The third-order valence-electron chi connectivity index (χ3n) is 4.28. The zero-order valence-electron chi connectivity index (χ0n) is 13.4. The molecule has 0 aliphatic carbocycles. The van der Waals surface area contributed by atoms with Gasteiger partial charge in [-0.2, -0.15) is 17.2 Å². The largest absolute Gasteiger partial charge is 0.491 e. The number of carbonyl (C=O) groups excluding carboxylic acids is 1. The van der Waals surface area contributed by atoms with Crippen molar-refractivity contribution in [3.63, 3.8) is 0 Å². The molecule has 1 saturated heterocycles. The Balaban J connectivity index is 1.78. The van der Waals surface area contributed by atoms with Crippen LogP contribution in [0.2, 0.25) is 0 Å². The molecule has 0 radical (unpaired) electrons. The van der Waals surface area contributed by atoms with Gasteiger partial charge in [-0.15, -0.1) is 0 Å². The predicted octanol–water partition coefficient (Wildman–Crippen LogP) is 0.824. The summed E-state index contributed by atoms with van der Waals surface area (Å²) in [4.78, 5) is 13.8. The Morgan fingerprint density at radius 1 is 1.46 bits per heavy atom. The van der Waals surface area contributed by atoms with Gasteiger partial charge in [0.2, 0.25) is 5.91 Å². The first-order valence-corrected chi connectivity index (χ1v) is 9.24. The summed E-state index contributed by atoms with van der Waals surface area (Å²) >= 11 is 0. The number of likely N-dealkylation sites (tertiary alicyclic amines) is 1. The van der Waals surface area contributed by atoms with E-state index in [1.807, 2.05) is 11.8 Å². The second-order valence-electron chi connectivity index (χ2n) is 5.74. The zero-order chi connectivity index (χ0) is 17.3. The van der Waals surface area contributed by atoms with Gasteiger partial charge in [0.05, 0.1) is 23.5 Å². The summed E-state index contributed by atoms with van der Waals surface area (Å²) in [5.74, 6) is 6.23. The van der Waals surface area contributed by atoms with E-state index >= 15 is 0 Å². The summed E-state index contributed by atoms with van der Waals surface area (Å²) in [7, 11) is -3.87. The number of carbonyl (C=O) groups is 1. The van der Waals surface area contributed by atoms with E-state index in [1.54, 1.807) is 18.2 Å². The summed E-state index contributed by atoms with van der Waals surface area (Å²) in [6, 6.07) is 5.03. The number of nitrogens with two attached hydrogens (primary N) is 1. The van der Waals surface area contributed by atoms with E-state index in [-0.39, 0.29) is 11.9 Å². The first-order valence-electron chi connectivity index (χ1n) is 7.84. The van der Waals surface area contributed by atoms with Crippen molar-refractivity contribution in [2.24, 2.45) is 10.2 Å². The van der Waals surface area contributed by atoms with E-state index in [1.165, 1.54) is 6.21 Å². The van der Waals surface area contributed by atoms with Crippen LogP contribution in [0.1, 0.15) is 31.7 Å². The molecule has 3 rings (SSSR count). The van der Waals surface area contributed by atoms with Crippen LogP contribution in [0.4, 0.5) is 5.69 Å². The highest BCUT2D eigenvalue weighted by Gasteiger charge is 2.30. The van der Waals surface area contributed by atoms with Crippen molar-refractivity contribution in [1.29, 1.82) is 0 Å². The van der Waals surface area contributed by atoms with Crippen LogP contribution in [-0.4, -0.2) is 44.6 Å². The second-order valence-corrected chi connectivity index (χ2v) is 7.24. The molecule has 2 N–H and O–H groups in total. The van der Waals surface area contributed by atoms with Crippen molar-refractivity contribution >= 4 is 28.0 Å². The SMILES string of the molecule is CCC(=O)N1CCC[C@H]1COc1cccc2c1C=NS(=O)(=O)N2N. The second kappa shape index (κ2) is 6.40. The normalized spacial score (nSPS) is 21.7. The van der Waals surface area contributed by atoms with Crippen LogP contribution in [0.3, 0.4) is 0 Å². The molecule has 1 aromatic rings. The van der Waals surface area contributed by atoms with Gasteiger partial charge >= 0.3 is 10.2 Å². The Labute approximate surface area is 141 Å². The molecule has 1 fully saturated rings. The first-order chi connectivity index (χ1) is 11.4. The summed E-state index contributed by atoms with van der Waals surface area (Å²) in [5, 5.41) is 0. The van der Waals surface area contributed by atoms with Gasteiger partial charge < -0.3 is 9.64 Å². The Bertz CT molecular complexity index is 778. The molecule has 9 heteroatoms. The van der Waals surface area contributed by atoms with Crippen LogP contribution in [0.25, 0.3) is 0 Å². The number of amides is 1. The average molecular weight is 352 g/mol. The maximum Gasteiger partial charge on any atom is 0.358 e. The molecule has 24 heavy (non-hydrogen) atoms. The number of nitrogens with zero attached hydrogens (tertiary/aromatic N) is 3. The predicted molar refractivity (Wildman–Crippen MR) is 90.1 cm³/mol. The molecule has 0 spiro atoms. The Morgan fingerprint density at radius 2 is 2.25 bits per heavy atom. The molecule has 1 amide bonds. The van der Waals surface area contributed by atoms with Gasteiger partial charge in [0.25, 0.3) is 0 Å². The maximum absolute atomic E-state index is 11.9. The quantitative estimate of drug-likeness (QED) is 0.808. The number of hydrazine groups is 1. The van der Waals surface area contributed by atoms with Gasteiger partial charge in [0, 0.05) is 13.0 Å². The minimum absolute atomic E-state index is 0.0338. The Hall–Kier alpha value is -2.13. The fourth-order valence-corrected chi connectivity index (χ4v) is 3.75. The molecule has 0 aromatic heterocycles. The van der Waals surface area contributed by atoms with Gasteiger partial charge in [-0.05, 0) is 25.0 Å². The van der Waals surface area contributed by atoms with Crippen LogP contribution in [0, 0.1) is 0 Å². The minimum atomic E-state index is -3.87. The summed E-state index contributed by atoms with van der Waals surface area (Å²) in [6.07, 6.45) is 3.58. The van der Waals surface area contributed by atoms with Crippen molar-refractivity contribution in [3.05, 3.63) is 23.8 Å². The molecule has 1 aromatic carbocycles. The topological polar surface area (TPSA) is 105 Å². The molecule has 2 aliphatic heterocycles. The van der Waals surface area contributed by atoms with Gasteiger partial charge in [-0.1, -0.05) is 13.0 Å². The third-order valence-corrected chi connectivity index (χ3v) is 5.34. The van der Waals surface area contributed by atoms with Crippen molar-refractivity contribution in [1.82, 2.24) is 4.90 Å². The molecule has 0 bridgehead atoms. The molecular formula is C15H20N4O4S. The fourth-order valence-electron chi connectivity index (χ4n) is 3.00. The monoisotopic (exact) mass is 352 g/mol. The lowest BCUT2D eigenvalue weighted by Gasteiger charge is -2.26. The summed E-state index contributed by atoms with van der Waals surface area (Å²) < 4.78 is 33.4. The summed E-state index contributed by atoms with van der Waals surface area (Å²) in [5.41, 5.74) is 0.830. The highest BCUT2D eigenvalue weighted by Crippen LogP contribution is 2.31.